The number of nitrogens with zero attached hydrogens (tertiary/aromatic N) is 2. The second-order valence-electron chi connectivity index (χ2n) is 6.39. The van der Waals surface area contributed by atoms with Gasteiger partial charge in [-0.1, -0.05) is 0 Å². The van der Waals surface area contributed by atoms with Gasteiger partial charge in [0.2, 0.25) is 0 Å². The van der Waals surface area contributed by atoms with Crippen LogP contribution in [0.4, 0.5) is 24.5 Å². The van der Waals surface area contributed by atoms with Gasteiger partial charge in [-0.25, -0.2) is 0 Å². The molecule has 2 aromatic carbocycles. The zero-order valence-electron chi connectivity index (χ0n) is 14.0. The summed E-state index contributed by atoms with van der Waals surface area (Å²) in [6.45, 7) is 1.75. The fourth-order valence-electron chi connectivity index (χ4n) is 3.27. The lowest BCUT2D eigenvalue weighted by Gasteiger charge is -2.39. The Morgan fingerprint density at radius 2 is 1.52 bits per heavy atom. The first kappa shape index (κ1) is 17.5. The second kappa shape index (κ2) is 6.86. The van der Waals surface area contributed by atoms with E-state index in [1.54, 1.807) is 12.1 Å². The van der Waals surface area contributed by atoms with Crippen molar-refractivity contribution in [3.8, 4) is 5.75 Å². The number of hydrogen-bond acceptors (Lipinski definition) is 3. The van der Waals surface area contributed by atoms with Crippen LogP contribution >= 0.6 is 0 Å². The molecule has 1 aliphatic rings. The van der Waals surface area contributed by atoms with Crippen LogP contribution < -0.4 is 9.80 Å². The Balaban J connectivity index is 1.61. The van der Waals surface area contributed by atoms with Crippen LogP contribution in [0, 0.1) is 0 Å². The van der Waals surface area contributed by atoms with Gasteiger partial charge in [0.05, 0.1) is 5.56 Å². The van der Waals surface area contributed by atoms with Crippen LogP contribution in [0.5, 0.6) is 5.75 Å². The second-order valence-corrected chi connectivity index (χ2v) is 6.39. The molecular formula is C19H21F3N2O. The SMILES string of the molecule is CN(c1ccc(C(F)(F)F)cc1)C1CCN(c2ccc(O)cc2)CC1. The molecule has 1 heterocycles. The normalized spacial score (nSPS) is 16.1. The Morgan fingerprint density at radius 3 is 2.04 bits per heavy atom. The summed E-state index contributed by atoms with van der Waals surface area (Å²) in [5.74, 6) is 0.251. The van der Waals surface area contributed by atoms with Crippen LogP contribution in [0.2, 0.25) is 0 Å². The molecule has 1 fully saturated rings. The van der Waals surface area contributed by atoms with E-state index in [-0.39, 0.29) is 5.75 Å². The maximum atomic E-state index is 12.7. The minimum atomic E-state index is -4.30. The zero-order valence-corrected chi connectivity index (χ0v) is 14.0. The minimum Gasteiger partial charge on any atom is -0.508 e. The Morgan fingerprint density at radius 1 is 0.960 bits per heavy atom. The van der Waals surface area contributed by atoms with Crippen molar-refractivity contribution >= 4 is 11.4 Å². The van der Waals surface area contributed by atoms with E-state index in [1.807, 2.05) is 19.2 Å². The number of phenolic OH excluding ortho intramolecular Hbond substituents is 1. The van der Waals surface area contributed by atoms with Crippen LogP contribution in [0.3, 0.4) is 0 Å². The molecule has 1 saturated heterocycles. The summed E-state index contributed by atoms with van der Waals surface area (Å²) >= 11 is 0. The third-order valence-corrected chi connectivity index (χ3v) is 4.83. The molecular weight excluding hydrogens is 329 g/mol. The monoisotopic (exact) mass is 350 g/mol. The maximum absolute atomic E-state index is 12.7. The first-order valence-corrected chi connectivity index (χ1v) is 8.28. The van der Waals surface area contributed by atoms with E-state index < -0.39 is 11.7 Å². The molecule has 3 nitrogen and oxygen atoms in total. The maximum Gasteiger partial charge on any atom is 0.416 e. The highest BCUT2D eigenvalue weighted by Crippen LogP contribution is 2.31. The molecule has 0 amide bonds. The van der Waals surface area contributed by atoms with Crippen molar-refractivity contribution in [1.82, 2.24) is 0 Å². The fourth-order valence-corrected chi connectivity index (χ4v) is 3.27. The van der Waals surface area contributed by atoms with E-state index in [4.69, 9.17) is 0 Å². The van der Waals surface area contributed by atoms with Gasteiger partial charge in [0.25, 0.3) is 0 Å². The summed E-state index contributed by atoms with van der Waals surface area (Å²) in [6, 6.07) is 12.8. The third-order valence-electron chi connectivity index (χ3n) is 4.83. The zero-order chi connectivity index (χ0) is 18.0. The van der Waals surface area contributed by atoms with Crippen molar-refractivity contribution in [2.45, 2.75) is 25.1 Å². The summed E-state index contributed by atoms with van der Waals surface area (Å²) in [5, 5.41) is 9.37. The Hall–Kier alpha value is -2.37. The number of anilines is 2. The number of benzene rings is 2. The van der Waals surface area contributed by atoms with E-state index in [9.17, 15) is 18.3 Å². The van der Waals surface area contributed by atoms with Gasteiger partial charge < -0.3 is 14.9 Å². The first-order chi connectivity index (χ1) is 11.8. The molecule has 3 rings (SSSR count). The van der Waals surface area contributed by atoms with Crippen molar-refractivity contribution < 1.29 is 18.3 Å². The Kier molecular flexibility index (Phi) is 4.79. The predicted octanol–water partition coefficient (Wildman–Crippen LogP) is 4.52. The first-order valence-electron chi connectivity index (χ1n) is 8.28. The van der Waals surface area contributed by atoms with Gasteiger partial charge in [-0.3, -0.25) is 0 Å². The lowest BCUT2D eigenvalue weighted by molar-refractivity contribution is -0.137. The average molecular weight is 350 g/mol. The summed E-state index contributed by atoms with van der Waals surface area (Å²) in [4.78, 5) is 4.32. The average Bonchev–Trinajstić information content (AvgIpc) is 2.61. The smallest absolute Gasteiger partial charge is 0.416 e. The molecule has 25 heavy (non-hydrogen) atoms. The molecule has 0 bridgehead atoms. The quantitative estimate of drug-likeness (QED) is 0.882. The van der Waals surface area contributed by atoms with Gasteiger partial charge in [0, 0.05) is 37.6 Å². The topological polar surface area (TPSA) is 26.7 Å². The molecule has 0 spiro atoms. The molecule has 1 N–H and O–H groups in total. The van der Waals surface area contributed by atoms with Gasteiger partial charge >= 0.3 is 6.18 Å². The standard InChI is InChI=1S/C19H21F3N2O/c1-23(15-4-2-14(3-5-15)19(20,21)22)16-10-12-24(13-11-16)17-6-8-18(25)9-7-17/h2-9,16,25H,10-13H2,1H3. The van der Waals surface area contributed by atoms with Gasteiger partial charge in [-0.15, -0.1) is 0 Å². The molecule has 0 saturated carbocycles. The molecule has 2 aromatic rings. The highest BCUT2D eigenvalue weighted by Gasteiger charge is 2.30. The lowest BCUT2D eigenvalue weighted by atomic mass is 10.0. The van der Waals surface area contributed by atoms with E-state index in [1.165, 1.54) is 12.1 Å². The highest BCUT2D eigenvalue weighted by molar-refractivity contribution is 5.51. The van der Waals surface area contributed by atoms with Crippen LogP contribution in [0.1, 0.15) is 18.4 Å². The van der Waals surface area contributed by atoms with Crippen LogP contribution in [-0.2, 0) is 6.18 Å². The minimum absolute atomic E-state index is 0.251. The number of aromatic hydroxyl groups is 1. The number of piperidine rings is 1. The largest absolute Gasteiger partial charge is 0.508 e. The van der Waals surface area contributed by atoms with Crippen molar-refractivity contribution in [3.05, 3.63) is 54.1 Å². The van der Waals surface area contributed by atoms with E-state index in [0.29, 0.717) is 6.04 Å². The lowest BCUT2D eigenvalue weighted by Crippen LogP contribution is -2.43. The molecule has 0 aliphatic carbocycles. The summed E-state index contributed by atoms with van der Waals surface area (Å²) < 4.78 is 38.0. The van der Waals surface area contributed by atoms with Gasteiger partial charge in [-0.2, -0.15) is 13.2 Å². The highest BCUT2D eigenvalue weighted by atomic mass is 19.4. The van der Waals surface area contributed by atoms with E-state index >= 15 is 0 Å². The molecule has 0 unspecified atom stereocenters. The number of hydrogen-bond donors (Lipinski definition) is 1. The van der Waals surface area contributed by atoms with E-state index in [0.717, 1.165) is 49.4 Å². The molecule has 6 heteroatoms. The van der Waals surface area contributed by atoms with Gasteiger partial charge in [0.15, 0.2) is 0 Å². The number of halogens is 3. The molecule has 0 atom stereocenters. The summed E-state index contributed by atoms with van der Waals surface area (Å²) in [6.07, 6.45) is -2.44. The van der Waals surface area contributed by atoms with Crippen molar-refractivity contribution in [2.24, 2.45) is 0 Å². The predicted molar refractivity (Wildman–Crippen MR) is 93.2 cm³/mol. The van der Waals surface area contributed by atoms with Crippen LogP contribution in [-0.4, -0.2) is 31.3 Å². The Bertz CT molecular complexity index is 690. The fraction of sp³-hybridized carbons (Fsp3) is 0.368. The molecule has 0 radical (unpaired) electrons. The van der Waals surface area contributed by atoms with Crippen molar-refractivity contribution in [3.63, 3.8) is 0 Å². The van der Waals surface area contributed by atoms with Crippen molar-refractivity contribution in [1.29, 1.82) is 0 Å². The van der Waals surface area contributed by atoms with Gasteiger partial charge in [0.1, 0.15) is 5.75 Å². The van der Waals surface area contributed by atoms with Crippen LogP contribution in [0.25, 0.3) is 0 Å². The van der Waals surface area contributed by atoms with E-state index in [2.05, 4.69) is 9.80 Å². The van der Waals surface area contributed by atoms with Crippen molar-refractivity contribution in [2.75, 3.05) is 29.9 Å². The summed E-state index contributed by atoms with van der Waals surface area (Å²) in [5.41, 5.74) is 1.26. The number of rotatable bonds is 3. The summed E-state index contributed by atoms with van der Waals surface area (Å²) in [7, 11) is 1.93. The number of alkyl halides is 3. The van der Waals surface area contributed by atoms with Crippen LogP contribution in [0.15, 0.2) is 48.5 Å². The molecule has 0 aromatic heterocycles. The molecule has 134 valence electrons. The number of phenols is 1. The third kappa shape index (κ3) is 4.00. The Labute approximate surface area is 145 Å². The van der Waals surface area contributed by atoms with Gasteiger partial charge in [-0.05, 0) is 61.4 Å². The molecule has 1 aliphatic heterocycles.